The molecule has 11 heteroatoms. The second kappa shape index (κ2) is 10.3. The van der Waals surface area contributed by atoms with E-state index in [9.17, 15) is 14.9 Å². The number of halogens is 2. The SMILES string of the molecule is O=C(CSc1nc2ccc(N=Cc3ccc(Cl)cc3Cl)cc2s1)Nc1ccccc1[N+](=O)[O-]. The maximum absolute atomic E-state index is 12.3. The molecule has 0 saturated heterocycles. The Morgan fingerprint density at radius 1 is 1.18 bits per heavy atom. The Kier molecular flexibility index (Phi) is 7.24. The van der Waals surface area contributed by atoms with Crippen LogP contribution in [0.4, 0.5) is 17.1 Å². The van der Waals surface area contributed by atoms with E-state index >= 15 is 0 Å². The minimum atomic E-state index is -0.531. The van der Waals surface area contributed by atoms with Crippen LogP contribution in [0.25, 0.3) is 10.2 Å². The summed E-state index contributed by atoms with van der Waals surface area (Å²) in [6.07, 6.45) is 1.67. The van der Waals surface area contributed by atoms with Gasteiger partial charge >= 0.3 is 0 Å². The Morgan fingerprint density at radius 2 is 2.00 bits per heavy atom. The molecule has 4 aromatic rings. The molecule has 0 atom stereocenters. The molecule has 4 rings (SSSR count). The smallest absolute Gasteiger partial charge is 0.292 e. The number of amides is 1. The lowest BCUT2D eigenvalue weighted by Crippen LogP contribution is -2.15. The van der Waals surface area contributed by atoms with E-state index in [0.717, 1.165) is 21.5 Å². The van der Waals surface area contributed by atoms with Crippen molar-refractivity contribution in [2.24, 2.45) is 4.99 Å². The lowest BCUT2D eigenvalue weighted by atomic mass is 10.2. The summed E-state index contributed by atoms with van der Waals surface area (Å²) < 4.78 is 1.64. The Labute approximate surface area is 206 Å². The first-order valence-electron chi connectivity index (χ1n) is 9.45. The normalized spacial score (nSPS) is 11.2. The van der Waals surface area contributed by atoms with Crippen molar-refractivity contribution in [3.8, 4) is 0 Å². The quantitative estimate of drug-likeness (QED) is 0.123. The van der Waals surface area contributed by atoms with Crippen molar-refractivity contribution in [3.05, 3.63) is 86.4 Å². The number of nitrogens with one attached hydrogen (secondary N) is 1. The summed E-state index contributed by atoms with van der Waals surface area (Å²) in [4.78, 5) is 31.8. The van der Waals surface area contributed by atoms with Gasteiger partial charge in [0.15, 0.2) is 4.34 Å². The Morgan fingerprint density at radius 3 is 2.79 bits per heavy atom. The number of fused-ring (bicyclic) bond motifs is 1. The van der Waals surface area contributed by atoms with Crippen LogP contribution in [0.1, 0.15) is 5.56 Å². The molecule has 0 unspecified atom stereocenters. The highest BCUT2D eigenvalue weighted by Gasteiger charge is 2.15. The molecule has 166 valence electrons. The van der Waals surface area contributed by atoms with Gasteiger partial charge in [-0.05, 0) is 36.4 Å². The summed E-state index contributed by atoms with van der Waals surface area (Å²) in [5.74, 6) is -0.273. The number of anilines is 1. The Hall–Kier alpha value is -2.98. The van der Waals surface area contributed by atoms with Gasteiger partial charge < -0.3 is 5.32 Å². The van der Waals surface area contributed by atoms with E-state index in [-0.39, 0.29) is 23.0 Å². The van der Waals surface area contributed by atoms with E-state index in [4.69, 9.17) is 23.2 Å². The van der Waals surface area contributed by atoms with E-state index in [1.165, 1.54) is 35.2 Å². The lowest BCUT2D eigenvalue weighted by Gasteiger charge is -2.04. The number of nitrogens with zero attached hydrogens (tertiary/aromatic N) is 3. The summed E-state index contributed by atoms with van der Waals surface area (Å²) in [5, 5.41) is 14.7. The van der Waals surface area contributed by atoms with Crippen molar-refractivity contribution >= 4 is 85.7 Å². The average Bonchev–Trinajstić information content (AvgIpc) is 3.19. The van der Waals surface area contributed by atoms with Crippen LogP contribution >= 0.6 is 46.3 Å². The number of hydrogen-bond acceptors (Lipinski definition) is 7. The molecule has 0 aliphatic carbocycles. The van der Waals surface area contributed by atoms with Crippen molar-refractivity contribution < 1.29 is 9.72 Å². The number of thioether (sulfide) groups is 1. The van der Waals surface area contributed by atoms with Gasteiger partial charge in [0.1, 0.15) is 5.69 Å². The molecule has 3 aromatic carbocycles. The molecule has 33 heavy (non-hydrogen) atoms. The largest absolute Gasteiger partial charge is 0.320 e. The standard InChI is InChI=1S/C22H14Cl2N4O3S2/c23-14-6-5-13(16(24)9-14)11-25-15-7-8-18-20(10-15)33-22(27-18)32-12-21(29)26-17-3-1-2-4-19(17)28(30)31/h1-11H,12H2,(H,26,29). The first kappa shape index (κ1) is 23.2. The number of hydrogen-bond donors (Lipinski definition) is 1. The maximum atomic E-state index is 12.3. The zero-order valence-electron chi connectivity index (χ0n) is 16.7. The molecule has 1 heterocycles. The van der Waals surface area contributed by atoms with Crippen LogP contribution < -0.4 is 5.32 Å². The molecule has 0 aliphatic heterocycles. The second-order valence-electron chi connectivity index (χ2n) is 6.67. The topological polar surface area (TPSA) is 97.5 Å². The average molecular weight is 517 g/mol. The first-order chi connectivity index (χ1) is 15.9. The van der Waals surface area contributed by atoms with Gasteiger partial charge in [0.2, 0.25) is 5.91 Å². The number of rotatable bonds is 7. The van der Waals surface area contributed by atoms with Gasteiger partial charge in [-0.2, -0.15) is 0 Å². The molecule has 0 aliphatic rings. The van der Waals surface area contributed by atoms with Gasteiger partial charge in [-0.25, -0.2) is 4.98 Å². The van der Waals surface area contributed by atoms with Crippen LogP contribution in [0, 0.1) is 10.1 Å². The number of nitro benzene ring substituents is 1. The van der Waals surface area contributed by atoms with Crippen LogP contribution in [-0.2, 0) is 4.79 Å². The van der Waals surface area contributed by atoms with Crippen LogP contribution in [0.2, 0.25) is 10.0 Å². The van der Waals surface area contributed by atoms with E-state index in [1.807, 2.05) is 18.2 Å². The zero-order chi connectivity index (χ0) is 23.4. The fourth-order valence-corrected chi connectivity index (χ4v) is 5.20. The van der Waals surface area contributed by atoms with Crippen molar-refractivity contribution in [1.82, 2.24) is 4.98 Å². The predicted octanol–water partition coefficient (Wildman–Crippen LogP) is 6.99. The van der Waals surface area contributed by atoms with E-state index < -0.39 is 4.92 Å². The number of para-hydroxylation sites is 2. The molecule has 0 spiro atoms. The van der Waals surface area contributed by atoms with Gasteiger partial charge in [0.25, 0.3) is 5.69 Å². The monoisotopic (exact) mass is 516 g/mol. The lowest BCUT2D eigenvalue weighted by molar-refractivity contribution is -0.383. The predicted molar refractivity (Wildman–Crippen MR) is 136 cm³/mol. The highest BCUT2D eigenvalue weighted by Crippen LogP contribution is 2.32. The van der Waals surface area contributed by atoms with Crippen molar-refractivity contribution in [2.45, 2.75) is 4.34 Å². The summed E-state index contributed by atoms with van der Waals surface area (Å²) in [6.45, 7) is 0. The molecule has 0 fully saturated rings. The number of aromatic nitrogens is 1. The summed E-state index contributed by atoms with van der Waals surface area (Å²) in [6, 6.07) is 16.8. The maximum Gasteiger partial charge on any atom is 0.292 e. The van der Waals surface area contributed by atoms with E-state index in [0.29, 0.717) is 14.4 Å². The van der Waals surface area contributed by atoms with Gasteiger partial charge in [-0.15, -0.1) is 11.3 Å². The molecular weight excluding hydrogens is 503 g/mol. The van der Waals surface area contributed by atoms with Crippen LogP contribution in [0.3, 0.4) is 0 Å². The molecule has 0 saturated carbocycles. The number of thiazole rings is 1. The fourth-order valence-electron chi connectivity index (χ4n) is 2.84. The van der Waals surface area contributed by atoms with Crippen molar-refractivity contribution in [1.29, 1.82) is 0 Å². The van der Waals surface area contributed by atoms with Crippen LogP contribution in [0.5, 0.6) is 0 Å². The first-order valence-corrected chi connectivity index (χ1v) is 12.0. The van der Waals surface area contributed by atoms with Gasteiger partial charge in [0.05, 0.1) is 31.6 Å². The van der Waals surface area contributed by atoms with Crippen LogP contribution in [0.15, 0.2) is 70.0 Å². The third-order valence-corrected chi connectivity index (χ3v) is 7.09. The van der Waals surface area contributed by atoms with E-state index in [1.54, 1.807) is 36.5 Å². The van der Waals surface area contributed by atoms with Gasteiger partial charge in [0, 0.05) is 22.9 Å². The third kappa shape index (κ3) is 5.88. The molecule has 7 nitrogen and oxygen atoms in total. The number of carbonyl (C=O) groups excluding carboxylic acids is 1. The minimum absolute atomic E-state index is 0.0753. The number of carbonyl (C=O) groups is 1. The third-order valence-electron chi connectivity index (χ3n) is 4.37. The summed E-state index contributed by atoms with van der Waals surface area (Å²) in [5.41, 5.74) is 2.31. The number of benzene rings is 3. The summed E-state index contributed by atoms with van der Waals surface area (Å²) in [7, 11) is 0. The Balaban J connectivity index is 1.42. The van der Waals surface area contributed by atoms with E-state index in [2.05, 4.69) is 15.3 Å². The zero-order valence-corrected chi connectivity index (χ0v) is 19.8. The van der Waals surface area contributed by atoms with Gasteiger partial charge in [-0.3, -0.25) is 19.9 Å². The number of aliphatic imine (C=N–C) groups is 1. The molecule has 0 radical (unpaired) electrons. The molecule has 0 bridgehead atoms. The molecule has 1 aromatic heterocycles. The fraction of sp³-hybridized carbons (Fsp3) is 0.0455. The molecular formula is C22H14Cl2N4O3S2. The van der Waals surface area contributed by atoms with Gasteiger partial charge in [-0.1, -0.05) is 53.2 Å². The molecule has 1 N–H and O–H groups in total. The highest BCUT2D eigenvalue weighted by atomic mass is 35.5. The van der Waals surface area contributed by atoms with Crippen LogP contribution in [-0.4, -0.2) is 27.8 Å². The molecule has 1 amide bonds. The van der Waals surface area contributed by atoms with Crippen molar-refractivity contribution in [3.63, 3.8) is 0 Å². The highest BCUT2D eigenvalue weighted by molar-refractivity contribution is 8.01. The number of nitro groups is 1. The minimum Gasteiger partial charge on any atom is -0.320 e. The second-order valence-corrected chi connectivity index (χ2v) is 9.76. The summed E-state index contributed by atoms with van der Waals surface area (Å²) >= 11 is 14.8. The Bertz CT molecular complexity index is 1390. The van der Waals surface area contributed by atoms with Crippen molar-refractivity contribution in [2.75, 3.05) is 11.1 Å².